The number of hydrogen-bond donors (Lipinski definition) is 1. The maximum absolute atomic E-state index is 12.9. The Morgan fingerprint density at radius 1 is 1.17 bits per heavy atom. The van der Waals surface area contributed by atoms with Crippen LogP contribution in [0.15, 0.2) is 42.5 Å². The standard InChI is InChI=1S/C15H11F3N2O3/c1-9-8-10(6-7-13(9)20(22)23)19-14(21)11-4-2-3-5-12(11)15(16,17)18/h2-8H,1H3,(H,19,21). The Hall–Kier alpha value is -2.90. The fourth-order valence-corrected chi connectivity index (χ4v) is 2.06. The van der Waals surface area contributed by atoms with Gasteiger partial charge in [-0.3, -0.25) is 14.9 Å². The van der Waals surface area contributed by atoms with Gasteiger partial charge in [0.2, 0.25) is 0 Å². The van der Waals surface area contributed by atoms with Gasteiger partial charge in [-0.05, 0) is 31.2 Å². The molecule has 0 unspecified atom stereocenters. The molecule has 0 atom stereocenters. The average Bonchev–Trinajstić information content (AvgIpc) is 2.46. The SMILES string of the molecule is Cc1cc(NC(=O)c2ccccc2C(F)(F)F)ccc1[N+](=O)[O-]. The molecule has 0 aliphatic heterocycles. The first-order valence-corrected chi connectivity index (χ1v) is 6.43. The molecule has 2 rings (SSSR count). The number of rotatable bonds is 3. The van der Waals surface area contributed by atoms with E-state index in [1.165, 1.54) is 37.3 Å². The summed E-state index contributed by atoms with van der Waals surface area (Å²) in [6, 6.07) is 8.17. The molecule has 0 fully saturated rings. The van der Waals surface area contributed by atoms with Crippen molar-refractivity contribution in [1.29, 1.82) is 0 Å². The number of halogens is 3. The van der Waals surface area contributed by atoms with Crippen LogP contribution in [0.25, 0.3) is 0 Å². The van der Waals surface area contributed by atoms with E-state index in [1.54, 1.807) is 0 Å². The molecule has 0 aliphatic carbocycles. The molecule has 0 saturated carbocycles. The third-order valence-corrected chi connectivity index (χ3v) is 3.13. The van der Waals surface area contributed by atoms with Crippen LogP contribution in [0, 0.1) is 17.0 Å². The van der Waals surface area contributed by atoms with Crippen molar-refractivity contribution in [2.75, 3.05) is 5.32 Å². The van der Waals surface area contributed by atoms with E-state index < -0.39 is 28.1 Å². The molecule has 0 saturated heterocycles. The summed E-state index contributed by atoms with van der Waals surface area (Å²) in [6.07, 6.45) is -4.65. The minimum atomic E-state index is -4.65. The van der Waals surface area contributed by atoms with Crippen LogP contribution in [0.4, 0.5) is 24.5 Å². The van der Waals surface area contributed by atoms with Crippen LogP contribution in [0.2, 0.25) is 0 Å². The van der Waals surface area contributed by atoms with E-state index in [2.05, 4.69) is 5.32 Å². The van der Waals surface area contributed by atoms with Crippen LogP contribution in [-0.4, -0.2) is 10.8 Å². The lowest BCUT2D eigenvalue weighted by atomic mass is 10.1. The molecule has 0 heterocycles. The first-order valence-electron chi connectivity index (χ1n) is 6.43. The highest BCUT2D eigenvalue weighted by molar-refractivity contribution is 6.05. The van der Waals surface area contributed by atoms with Crippen molar-refractivity contribution < 1.29 is 22.9 Å². The molecule has 1 N–H and O–H groups in total. The first kappa shape index (κ1) is 16.5. The Bertz CT molecular complexity index is 773. The first-order chi connectivity index (χ1) is 10.7. The smallest absolute Gasteiger partial charge is 0.322 e. The fourth-order valence-electron chi connectivity index (χ4n) is 2.06. The number of hydrogen-bond acceptors (Lipinski definition) is 3. The van der Waals surface area contributed by atoms with Crippen LogP contribution >= 0.6 is 0 Å². The van der Waals surface area contributed by atoms with Crippen LogP contribution in [0.1, 0.15) is 21.5 Å². The third-order valence-electron chi connectivity index (χ3n) is 3.13. The average molecular weight is 324 g/mol. The van der Waals surface area contributed by atoms with E-state index in [4.69, 9.17) is 0 Å². The van der Waals surface area contributed by atoms with Gasteiger partial charge in [-0.2, -0.15) is 13.2 Å². The van der Waals surface area contributed by atoms with E-state index >= 15 is 0 Å². The Kier molecular flexibility index (Phi) is 4.35. The van der Waals surface area contributed by atoms with Gasteiger partial charge in [0.15, 0.2) is 0 Å². The highest BCUT2D eigenvalue weighted by Crippen LogP contribution is 2.32. The molecule has 2 aromatic rings. The summed E-state index contributed by atoms with van der Waals surface area (Å²) in [7, 11) is 0. The number of amides is 1. The molecule has 0 bridgehead atoms. The van der Waals surface area contributed by atoms with Gasteiger partial charge in [0.25, 0.3) is 11.6 Å². The summed E-state index contributed by atoms with van der Waals surface area (Å²) in [5.74, 6) is -0.939. The maximum atomic E-state index is 12.9. The second kappa shape index (κ2) is 6.07. The maximum Gasteiger partial charge on any atom is 0.417 e. The predicted molar refractivity (Wildman–Crippen MR) is 77.2 cm³/mol. The number of anilines is 1. The van der Waals surface area contributed by atoms with Crippen LogP contribution in [0.3, 0.4) is 0 Å². The highest BCUT2D eigenvalue weighted by Gasteiger charge is 2.34. The zero-order valence-corrected chi connectivity index (χ0v) is 11.8. The number of nitrogens with one attached hydrogen (secondary N) is 1. The van der Waals surface area contributed by atoms with Crippen LogP contribution < -0.4 is 5.32 Å². The summed E-state index contributed by atoms with van der Waals surface area (Å²) >= 11 is 0. The lowest BCUT2D eigenvalue weighted by Crippen LogP contribution is -2.18. The van der Waals surface area contributed by atoms with E-state index in [0.717, 1.165) is 12.1 Å². The minimum Gasteiger partial charge on any atom is -0.322 e. The van der Waals surface area contributed by atoms with Crippen LogP contribution in [0.5, 0.6) is 0 Å². The van der Waals surface area contributed by atoms with Crippen molar-refractivity contribution >= 4 is 17.3 Å². The van der Waals surface area contributed by atoms with E-state index in [0.29, 0.717) is 0 Å². The second-order valence-electron chi connectivity index (χ2n) is 4.76. The Labute approximate surface area is 128 Å². The van der Waals surface area contributed by atoms with E-state index in [9.17, 15) is 28.1 Å². The summed E-state index contributed by atoms with van der Waals surface area (Å²) in [5.41, 5.74) is -1.24. The summed E-state index contributed by atoms with van der Waals surface area (Å²) < 4.78 is 38.7. The molecule has 0 radical (unpaired) electrons. The minimum absolute atomic E-state index is 0.140. The largest absolute Gasteiger partial charge is 0.417 e. The number of alkyl halides is 3. The molecule has 1 amide bonds. The zero-order valence-electron chi connectivity index (χ0n) is 11.8. The zero-order chi connectivity index (χ0) is 17.2. The number of nitrogens with zero attached hydrogens (tertiary/aromatic N) is 1. The molecule has 0 aromatic heterocycles. The Balaban J connectivity index is 2.30. The van der Waals surface area contributed by atoms with Gasteiger partial charge < -0.3 is 5.32 Å². The van der Waals surface area contributed by atoms with Crippen molar-refractivity contribution in [1.82, 2.24) is 0 Å². The number of carbonyl (C=O) groups excluding carboxylic acids is 1. The number of carbonyl (C=O) groups is 1. The molecular formula is C15H11F3N2O3. The van der Waals surface area contributed by atoms with Gasteiger partial charge >= 0.3 is 6.18 Å². The van der Waals surface area contributed by atoms with Crippen molar-refractivity contribution in [3.05, 3.63) is 69.3 Å². The van der Waals surface area contributed by atoms with Crippen molar-refractivity contribution in [2.24, 2.45) is 0 Å². The molecule has 2 aromatic carbocycles. The predicted octanol–water partition coefficient (Wildman–Crippen LogP) is 4.17. The van der Waals surface area contributed by atoms with Gasteiger partial charge in [0.1, 0.15) is 0 Å². The second-order valence-corrected chi connectivity index (χ2v) is 4.76. The Morgan fingerprint density at radius 3 is 2.39 bits per heavy atom. The molecule has 0 aliphatic rings. The van der Waals surface area contributed by atoms with Crippen molar-refractivity contribution in [2.45, 2.75) is 13.1 Å². The quantitative estimate of drug-likeness (QED) is 0.680. The number of nitro groups is 1. The molecule has 23 heavy (non-hydrogen) atoms. The van der Waals surface area contributed by atoms with Crippen molar-refractivity contribution in [3.8, 4) is 0 Å². The molecule has 5 nitrogen and oxygen atoms in total. The van der Waals surface area contributed by atoms with Crippen LogP contribution in [-0.2, 0) is 6.18 Å². The number of nitro benzene ring substituents is 1. The topological polar surface area (TPSA) is 72.2 Å². The van der Waals surface area contributed by atoms with Gasteiger partial charge in [-0.15, -0.1) is 0 Å². The van der Waals surface area contributed by atoms with Gasteiger partial charge in [-0.1, -0.05) is 12.1 Å². The van der Waals surface area contributed by atoms with Crippen molar-refractivity contribution in [3.63, 3.8) is 0 Å². The fraction of sp³-hybridized carbons (Fsp3) is 0.133. The lowest BCUT2D eigenvalue weighted by Gasteiger charge is -2.13. The molecule has 8 heteroatoms. The van der Waals surface area contributed by atoms with Gasteiger partial charge in [0.05, 0.1) is 16.1 Å². The van der Waals surface area contributed by atoms with E-state index in [-0.39, 0.29) is 16.9 Å². The summed E-state index contributed by atoms with van der Waals surface area (Å²) in [6.45, 7) is 1.47. The molecule has 0 spiro atoms. The van der Waals surface area contributed by atoms with Gasteiger partial charge in [-0.25, -0.2) is 0 Å². The number of aryl methyl sites for hydroxylation is 1. The molecule has 120 valence electrons. The lowest BCUT2D eigenvalue weighted by molar-refractivity contribution is -0.385. The summed E-state index contributed by atoms with van der Waals surface area (Å²) in [4.78, 5) is 22.2. The monoisotopic (exact) mass is 324 g/mol. The van der Waals surface area contributed by atoms with E-state index in [1.807, 2.05) is 0 Å². The third kappa shape index (κ3) is 3.65. The highest BCUT2D eigenvalue weighted by atomic mass is 19.4. The number of benzene rings is 2. The normalized spacial score (nSPS) is 11.1. The Morgan fingerprint density at radius 2 is 1.83 bits per heavy atom. The molecular weight excluding hydrogens is 313 g/mol. The van der Waals surface area contributed by atoms with Gasteiger partial charge in [0, 0.05) is 17.3 Å². The summed E-state index contributed by atoms with van der Waals surface area (Å²) in [5, 5.41) is 13.0.